The zero-order valence-corrected chi connectivity index (χ0v) is 13.8. The summed E-state index contributed by atoms with van der Waals surface area (Å²) in [5, 5.41) is 2.07. The van der Waals surface area contributed by atoms with Gasteiger partial charge < -0.3 is 0 Å². The van der Waals surface area contributed by atoms with Gasteiger partial charge in [-0.25, -0.2) is 5.43 Å². The Hall–Kier alpha value is -0.680. The third kappa shape index (κ3) is 3.08. The van der Waals surface area contributed by atoms with E-state index in [9.17, 15) is 0 Å². The smallest absolute Gasteiger partial charge is 0.0816 e. The van der Waals surface area contributed by atoms with Crippen LogP contribution in [0.3, 0.4) is 0 Å². The second kappa shape index (κ2) is 5.75. The molecule has 1 unspecified atom stereocenters. The Morgan fingerprint density at radius 2 is 1.89 bits per heavy atom. The summed E-state index contributed by atoms with van der Waals surface area (Å²) in [6.07, 6.45) is 0. The van der Waals surface area contributed by atoms with E-state index in [0.29, 0.717) is 0 Å². The number of hydrogen-bond acceptors (Lipinski definition) is 3. The van der Waals surface area contributed by atoms with Crippen LogP contribution in [0.5, 0.6) is 0 Å². The summed E-state index contributed by atoms with van der Waals surface area (Å²) in [7, 11) is 0. The summed E-state index contributed by atoms with van der Waals surface area (Å²) >= 11 is 5.30. The molecule has 19 heavy (non-hydrogen) atoms. The number of nitrogens with two attached hydrogens (primary N) is 1. The molecule has 4 heteroatoms. The molecule has 1 atom stereocenters. The van der Waals surface area contributed by atoms with Gasteiger partial charge in [0, 0.05) is 9.35 Å². The average molecular weight is 339 g/mol. The number of benzene rings is 1. The molecule has 0 amide bonds. The molecule has 102 valence electrons. The SMILES string of the molecule is CC(C)(C)c1ccccc1C(NN)c1sccc1Br. The summed E-state index contributed by atoms with van der Waals surface area (Å²) in [5.41, 5.74) is 5.60. The van der Waals surface area contributed by atoms with Crippen LogP contribution >= 0.6 is 27.3 Å². The van der Waals surface area contributed by atoms with Gasteiger partial charge in [0.25, 0.3) is 0 Å². The number of thiophene rings is 1. The molecule has 3 N–H and O–H groups in total. The summed E-state index contributed by atoms with van der Waals surface area (Å²) in [4.78, 5) is 1.21. The van der Waals surface area contributed by atoms with Crippen LogP contribution in [0.4, 0.5) is 0 Å². The Labute approximate surface area is 127 Å². The quantitative estimate of drug-likeness (QED) is 0.644. The predicted molar refractivity (Wildman–Crippen MR) is 86.3 cm³/mol. The van der Waals surface area contributed by atoms with Crippen molar-refractivity contribution in [3.05, 3.63) is 56.2 Å². The highest BCUT2D eigenvalue weighted by atomic mass is 79.9. The number of hydrazine groups is 1. The lowest BCUT2D eigenvalue weighted by Gasteiger charge is -2.27. The maximum atomic E-state index is 5.81. The van der Waals surface area contributed by atoms with Crippen LogP contribution in [0.15, 0.2) is 40.2 Å². The Kier molecular flexibility index (Phi) is 4.46. The van der Waals surface area contributed by atoms with Crippen molar-refractivity contribution in [2.75, 3.05) is 0 Å². The van der Waals surface area contributed by atoms with Crippen molar-refractivity contribution < 1.29 is 0 Å². The maximum Gasteiger partial charge on any atom is 0.0816 e. The number of rotatable bonds is 3. The van der Waals surface area contributed by atoms with Crippen molar-refractivity contribution in [1.29, 1.82) is 0 Å². The van der Waals surface area contributed by atoms with Gasteiger partial charge in [-0.15, -0.1) is 11.3 Å². The molecular formula is C15H19BrN2S. The zero-order valence-electron chi connectivity index (χ0n) is 11.4. The molecule has 0 saturated carbocycles. The Balaban J connectivity index is 2.54. The molecule has 0 spiro atoms. The van der Waals surface area contributed by atoms with Gasteiger partial charge in [0.1, 0.15) is 0 Å². The summed E-state index contributed by atoms with van der Waals surface area (Å²) in [6, 6.07) is 10.6. The molecule has 0 aliphatic carbocycles. The normalized spacial score (nSPS) is 13.5. The minimum atomic E-state index is 0.0183. The highest BCUT2D eigenvalue weighted by Gasteiger charge is 2.24. The molecular weight excluding hydrogens is 320 g/mol. The molecule has 2 nitrogen and oxygen atoms in total. The summed E-state index contributed by atoms with van der Waals surface area (Å²) < 4.78 is 1.10. The van der Waals surface area contributed by atoms with E-state index < -0.39 is 0 Å². The predicted octanol–water partition coefficient (Wildman–Crippen LogP) is 4.36. The van der Waals surface area contributed by atoms with Gasteiger partial charge in [-0.3, -0.25) is 5.84 Å². The van der Waals surface area contributed by atoms with Gasteiger partial charge in [-0.1, -0.05) is 45.0 Å². The van der Waals surface area contributed by atoms with Gasteiger partial charge in [0.15, 0.2) is 0 Å². The van der Waals surface area contributed by atoms with E-state index in [2.05, 4.69) is 77.8 Å². The number of hydrogen-bond donors (Lipinski definition) is 2. The average Bonchev–Trinajstić information content (AvgIpc) is 2.76. The van der Waals surface area contributed by atoms with Crippen LogP contribution in [0, 0.1) is 0 Å². The van der Waals surface area contributed by atoms with Crippen LogP contribution in [-0.4, -0.2) is 0 Å². The fourth-order valence-electron chi connectivity index (χ4n) is 2.25. The Bertz CT molecular complexity index is 557. The van der Waals surface area contributed by atoms with Gasteiger partial charge in [-0.2, -0.15) is 0 Å². The van der Waals surface area contributed by atoms with Crippen molar-refractivity contribution in [2.45, 2.75) is 32.2 Å². The first-order valence-electron chi connectivity index (χ1n) is 6.23. The van der Waals surface area contributed by atoms with Crippen molar-refractivity contribution >= 4 is 27.3 Å². The number of halogens is 1. The largest absolute Gasteiger partial charge is 0.271 e. The first-order chi connectivity index (χ1) is 8.95. The zero-order chi connectivity index (χ0) is 14.0. The third-order valence-electron chi connectivity index (χ3n) is 3.15. The molecule has 0 aliphatic heterocycles. The van der Waals surface area contributed by atoms with Crippen molar-refractivity contribution in [1.82, 2.24) is 5.43 Å². The lowest BCUT2D eigenvalue weighted by molar-refractivity contribution is 0.560. The minimum absolute atomic E-state index is 0.0183. The molecule has 1 aromatic carbocycles. The standard InChI is InChI=1S/C15H19BrN2S/c1-15(2,3)11-7-5-4-6-10(11)13(18-17)14-12(16)8-9-19-14/h4-9,13,18H,17H2,1-3H3. The lowest BCUT2D eigenvalue weighted by atomic mass is 9.81. The molecule has 0 saturated heterocycles. The van der Waals surface area contributed by atoms with Gasteiger partial charge in [0.05, 0.1) is 6.04 Å². The highest BCUT2D eigenvalue weighted by Crippen LogP contribution is 2.37. The molecule has 0 fully saturated rings. The highest BCUT2D eigenvalue weighted by molar-refractivity contribution is 9.10. The van der Waals surface area contributed by atoms with Crippen molar-refractivity contribution in [3.63, 3.8) is 0 Å². The fraction of sp³-hybridized carbons (Fsp3) is 0.333. The second-order valence-corrected chi connectivity index (χ2v) is 7.37. The Morgan fingerprint density at radius 1 is 1.21 bits per heavy atom. The third-order valence-corrected chi connectivity index (χ3v) is 5.09. The molecule has 2 aromatic rings. The van der Waals surface area contributed by atoms with E-state index in [4.69, 9.17) is 5.84 Å². The van der Waals surface area contributed by atoms with Crippen LogP contribution in [-0.2, 0) is 5.41 Å². The molecule has 1 aromatic heterocycles. The summed E-state index contributed by atoms with van der Waals surface area (Å²) in [6.45, 7) is 6.68. The molecule has 0 radical (unpaired) electrons. The summed E-state index contributed by atoms with van der Waals surface area (Å²) in [5.74, 6) is 5.81. The maximum absolute atomic E-state index is 5.81. The molecule has 2 rings (SSSR count). The van der Waals surface area contributed by atoms with E-state index in [0.717, 1.165) is 4.47 Å². The van der Waals surface area contributed by atoms with Crippen molar-refractivity contribution in [3.8, 4) is 0 Å². The first-order valence-corrected chi connectivity index (χ1v) is 7.91. The van der Waals surface area contributed by atoms with E-state index in [-0.39, 0.29) is 11.5 Å². The van der Waals surface area contributed by atoms with E-state index in [1.807, 2.05) is 0 Å². The van der Waals surface area contributed by atoms with Crippen molar-refractivity contribution in [2.24, 2.45) is 5.84 Å². The van der Waals surface area contributed by atoms with Gasteiger partial charge >= 0.3 is 0 Å². The first kappa shape index (κ1) is 14.7. The fourth-order valence-corrected chi connectivity index (χ4v) is 3.93. The number of nitrogens with one attached hydrogen (secondary N) is 1. The van der Waals surface area contributed by atoms with Crippen LogP contribution in [0.25, 0.3) is 0 Å². The van der Waals surface area contributed by atoms with Crippen LogP contribution in [0.2, 0.25) is 0 Å². The van der Waals surface area contributed by atoms with Crippen LogP contribution in [0.1, 0.15) is 42.8 Å². The molecule has 0 bridgehead atoms. The van der Waals surface area contributed by atoms with Gasteiger partial charge in [-0.05, 0) is 43.9 Å². The monoisotopic (exact) mass is 338 g/mol. The second-order valence-electron chi connectivity index (χ2n) is 5.57. The Morgan fingerprint density at radius 3 is 2.42 bits per heavy atom. The van der Waals surface area contributed by atoms with E-state index >= 15 is 0 Å². The van der Waals surface area contributed by atoms with E-state index in [1.165, 1.54) is 16.0 Å². The van der Waals surface area contributed by atoms with E-state index in [1.54, 1.807) is 11.3 Å². The molecule has 1 heterocycles. The molecule has 0 aliphatic rings. The minimum Gasteiger partial charge on any atom is -0.271 e. The van der Waals surface area contributed by atoms with Gasteiger partial charge in [0.2, 0.25) is 0 Å². The van der Waals surface area contributed by atoms with Crippen LogP contribution < -0.4 is 11.3 Å². The lowest BCUT2D eigenvalue weighted by Crippen LogP contribution is -2.30. The topological polar surface area (TPSA) is 38.0 Å².